The van der Waals surface area contributed by atoms with Crippen LogP contribution in [0.25, 0.3) is 11.3 Å². The first kappa shape index (κ1) is 19.0. The molecule has 0 radical (unpaired) electrons. The fraction of sp³-hybridized carbons (Fsp3) is 0.524. The van der Waals surface area contributed by atoms with Gasteiger partial charge in [-0.25, -0.2) is 0 Å². The van der Waals surface area contributed by atoms with E-state index in [-0.39, 0.29) is 5.91 Å². The molecule has 1 N–H and O–H groups in total. The summed E-state index contributed by atoms with van der Waals surface area (Å²) < 4.78 is 11.1. The highest BCUT2D eigenvalue weighted by molar-refractivity contribution is 6.04. The number of likely N-dealkylation sites (tertiary alicyclic amines) is 1. The molecule has 1 aromatic carbocycles. The van der Waals surface area contributed by atoms with Gasteiger partial charge >= 0.3 is 0 Å². The zero-order valence-electron chi connectivity index (χ0n) is 16.4. The Morgan fingerprint density at radius 2 is 1.96 bits per heavy atom. The maximum atomic E-state index is 13.2. The standard InChI is InChI=1S/C21H28N4O3/c1-24-10-6-5-9-17(24)15-22-21(26)18-19(16-7-3-2-4-8-16)28-23-20(18)25-11-13-27-14-12-25/h2-4,7-8,17H,5-6,9-15H2,1H3,(H,22,26). The predicted molar refractivity (Wildman–Crippen MR) is 108 cm³/mol. The fourth-order valence-electron chi connectivity index (χ4n) is 3.96. The van der Waals surface area contributed by atoms with Crippen LogP contribution in [-0.2, 0) is 4.74 Å². The van der Waals surface area contributed by atoms with Crippen LogP contribution in [0.4, 0.5) is 5.82 Å². The van der Waals surface area contributed by atoms with Crippen molar-refractivity contribution in [2.45, 2.75) is 25.3 Å². The second-order valence-electron chi connectivity index (χ2n) is 7.52. The average molecular weight is 384 g/mol. The Morgan fingerprint density at radius 1 is 1.18 bits per heavy atom. The molecule has 150 valence electrons. The van der Waals surface area contributed by atoms with Gasteiger partial charge in [0.2, 0.25) is 0 Å². The average Bonchev–Trinajstić information content (AvgIpc) is 3.19. The van der Waals surface area contributed by atoms with Crippen LogP contribution < -0.4 is 10.2 Å². The predicted octanol–water partition coefficient (Wildman–Crippen LogP) is 2.39. The Labute approximate surface area is 165 Å². The Hall–Kier alpha value is -2.38. The van der Waals surface area contributed by atoms with Gasteiger partial charge < -0.3 is 24.4 Å². The number of rotatable bonds is 5. The maximum Gasteiger partial charge on any atom is 0.259 e. The Kier molecular flexibility index (Phi) is 5.92. The van der Waals surface area contributed by atoms with E-state index in [4.69, 9.17) is 9.26 Å². The molecule has 2 saturated heterocycles. The van der Waals surface area contributed by atoms with E-state index in [1.165, 1.54) is 12.8 Å². The molecule has 0 saturated carbocycles. The van der Waals surface area contributed by atoms with Crippen molar-refractivity contribution in [3.63, 3.8) is 0 Å². The number of hydrogen-bond donors (Lipinski definition) is 1. The van der Waals surface area contributed by atoms with Crippen LogP contribution in [0.1, 0.15) is 29.6 Å². The number of likely N-dealkylation sites (N-methyl/N-ethyl adjacent to an activating group) is 1. The van der Waals surface area contributed by atoms with Gasteiger partial charge in [0, 0.05) is 31.2 Å². The van der Waals surface area contributed by atoms with Crippen molar-refractivity contribution >= 4 is 11.7 Å². The number of aromatic nitrogens is 1. The second kappa shape index (κ2) is 8.75. The minimum atomic E-state index is -0.124. The smallest absolute Gasteiger partial charge is 0.259 e. The topological polar surface area (TPSA) is 70.8 Å². The summed E-state index contributed by atoms with van der Waals surface area (Å²) in [5.74, 6) is 1.01. The number of anilines is 1. The van der Waals surface area contributed by atoms with E-state index >= 15 is 0 Å². The van der Waals surface area contributed by atoms with E-state index in [0.717, 1.165) is 18.5 Å². The van der Waals surface area contributed by atoms with Gasteiger partial charge in [0.05, 0.1) is 13.2 Å². The van der Waals surface area contributed by atoms with Gasteiger partial charge in [0.25, 0.3) is 5.91 Å². The van der Waals surface area contributed by atoms with Crippen LogP contribution in [0.2, 0.25) is 0 Å². The molecule has 3 heterocycles. The molecule has 2 fully saturated rings. The zero-order chi connectivity index (χ0) is 19.3. The summed E-state index contributed by atoms with van der Waals surface area (Å²) in [6, 6.07) is 10.1. The second-order valence-corrected chi connectivity index (χ2v) is 7.52. The lowest BCUT2D eigenvalue weighted by molar-refractivity contribution is 0.0927. The van der Waals surface area contributed by atoms with E-state index in [9.17, 15) is 4.79 Å². The van der Waals surface area contributed by atoms with E-state index in [2.05, 4.69) is 27.3 Å². The molecule has 2 aromatic rings. The third kappa shape index (κ3) is 4.05. The normalized spacial score (nSPS) is 20.9. The number of amides is 1. The van der Waals surface area contributed by atoms with Crippen molar-refractivity contribution in [1.29, 1.82) is 0 Å². The highest BCUT2D eigenvalue weighted by Gasteiger charge is 2.29. The highest BCUT2D eigenvalue weighted by Crippen LogP contribution is 2.31. The number of ether oxygens (including phenoxy) is 1. The molecular formula is C21H28N4O3. The Balaban J connectivity index is 1.59. The van der Waals surface area contributed by atoms with Gasteiger partial charge in [0.1, 0.15) is 5.56 Å². The monoisotopic (exact) mass is 384 g/mol. The summed E-state index contributed by atoms with van der Waals surface area (Å²) in [7, 11) is 2.13. The zero-order valence-corrected chi connectivity index (χ0v) is 16.4. The van der Waals surface area contributed by atoms with Crippen molar-refractivity contribution in [2.24, 2.45) is 0 Å². The van der Waals surface area contributed by atoms with Gasteiger partial charge in [-0.2, -0.15) is 0 Å². The van der Waals surface area contributed by atoms with Crippen molar-refractivity contribution in [1.82, 2.24) is 15.4 Å². The lowest BCUT2D eigenvalue weighted by Gasteiger charge is -2.32. The van der Waals surface area contributed by atoms with Crippen LogP contribution >= 0.6 is 0 Å². The number of nitrogens with zero attached hydrogens (tertiary/aromatic N) is 3. The van der Waals surface area contributed by atoms with Crippen molar-refractivity contribution < 1.29 is 14.1 Å². The lowest BCUT2D eigenvalue weighted by atomic mass is 10.0. The minimum absolute atomic E-state index is 0.124. The van der Waals surface area contributed by atoms with Gasteiger partial charge in [-0.15, -0.1) is 0 Å². The van der Waals surface area contributed by atoms with Crippen molar-refractivity contribution in [2.75, 3.05) is 51.3 Å². The Morgan fingerprint density at radius 3 is 2.71 bits per heavy atom. The third-order valence-electron chi connectivity index (χ3n) is 5.67. The van der Waals surface area contributed by atoms with Gasteiger partial charge in [-0.3, -0.25) is 4.79 Å². The van der Waals surface area contributed by atoms with Crippen LogP contribution in [0, 0.1) is 0 Å². The third-order valence-corrected chi connectivity index (χ3v) is 5.67. The minimum Gasteiger partial charge on any atom is -0.378 e. The van der Waals surface area contributed by atoms with Crippen molar-refractivity contribution in [3.05, 3.63) is 35.9 Å². The molecule has 28 heavy (non-hydrogen) atoms. The number of carbonyl (C=O) groups is 1. The molecule has 7 heteroatoms. The molecule has 1 unspecified atom stereocenters. The highest BCUT2D eigenvalue weighted by atomic mass is 16.5. The van der Waals surface area contributed by atoms with Gasteiger partial charge in [-0.05, 0) is 26.4 Å². The first-order chi connectivity index (χ1) is 13.7. The summed E-state index contributed by atoms with van der Waals surface area (Å²) >= 11 is 0. The van der Waals surface area contributed by atoms with E-state index in [1.54, 1.807) is 0 Å². The molecule has 2 aliphatic rings. The van der Waals surface area contributed by atoms with E-state index in [0.29, 0.717) is 56.0 Å². The number of morpholine rings is 1. The number of carbonyl (C=O) groups excluding carboxylic acids is 1. The van der Waals surface area contributed by atoms with Crippen molar-refractivity contribution in [3.8, 4) is 11.3 Å². The number of nitrogens with one attached hydrogen (secondary N) is 1. The SMILES string of the molecule is CN1CCCCC1CNC(=O)c1c(N2CCOCC2)noc1-c1ccccc1. The number of hydrogen-bond acceptors (Lipinski definition) is 6. The quantitative estimate of drug-likeness (QED) is 0.854. The van der Waals surface area contributed by atoms with Crippen LogP contribution in [0.3, 0.4) is 0 Å². The molecule has 0 aliphatic carbocycles. The van der Waals surface area contributed by atoms with Crippen LogP contribution in [0.15, 0.2) is 34.9 Å². The molecule has 4 rings (SSSR count). The number of piperidine rings is 1. The molecule has 1 atom stereocenters. The molecule has 2 aliphatic heterocycles. The maximum absolute atomic E-state index is 13.2. The van der Waals surface area contributed by atoms with Crippen LogP contribution in [0.5, 0.6) is 0 Å². The molecule has 1 amide bonds. The molecule has 0 spiro atoms. The molecule has 1 aromatic heterocycles. The van der Waals surface area contributed by atoms with Gasteiger partial charge in [-0.1, -0.05) is 41.9 Å². The number of benzene rings is 1. The molecule has 0 bridgehead atoms. The summed E-state index contributed by atoms with van der Waals surface area (Å²) in [4.78, 5) is 17.6. The lowest BCUT2D eigenvalue weighted by Crippen LogP contribution is -2.45. The first-order valence-corrected chi connectivity index (χ1v) is 10.1. The molecule has 7 nitrogen and oxygen atoms in total. The largest absolute Gasteiger partial charge is 0.378 e. The van der Waals surface area contributed by atoms with E-state index in [1.807, 2.05) is 30.3 Å². The summed E-state index contributed by atoms with van der Waals surface area (Å²) in [6.07, 6.45) is 3.56. The Bertz CT molecular complexity index is 786. The van der Waals surface area contributed by atoms with Gasteiger partial charge in [0.15, 0.2) is 11.6 Å². The summed E-state index contributed by atoms with van der Waals surface area (Å²) in [5, 5.41) is 7.41. The first-order valence-electron chi connectivity index (χ1n) is 10.1. The summed E-state index contributed by atoms with van der Waals surface area (Å²) in [5.41, 5.74) is 1.38. The van der Waals surface area contributed by atoms with E-state index < -0.39 is 0 Å². The summed E-state index contributed by atoms with van der Waals surface area (Å²) in [6.45, 7) is 4.38. The molecular weight excluding hydrogens is 356 g/mol. The van der Waals surface area contributed by atoms with Crippen LogP contribution in [-0.4, -0.2) is 68.4 Å². The fourth-order valence-corrected chi connectivity index (χ4v) is 3.96.